The quantitative estimate of drug-likeness (QED) is 0.314. The smallest absolute Gasteiger partial charge is 0.340 e. The Morgan fingerprint density at radius 2 is 1.68 bits per heavy atom. The monoisotopic (exact) mass is 484 g/mol. The fourth-order valence-corrected chi connectivity index (χ4v) is 3.39. The number of amides is 2. The molecule has 0 bridgehead atoms. The van der Waals surface area contributed by atoms with Crippen LogP contribution in [0.5, 0.6) is 0 Å². The van der Waals surface area contributed by atoms with Gasteiger partial charge < -0.3 is 14.8 Å². The van der Waals surface area contributed by atoms with E-state index in [4.69, 9.17) is 21.1 Å². The molecular weight excluding hydrogens is 460 g/mol. The first-order valence-electron chi connectivity index (χ1n) is 10.9. The van der Waals surface area contributed by atoms with Crippen LogP contribution in [0.4, 0.5) is 11.4 Å². The molecule has 1 heterocycles. The van der Waals surface area contributed by atoms with Crippen molar-refractivity contribution >= 4 is 46.7 Å². The van der Waals surface area contributed by atoms with Crippen molar-refractivity contribution in [3.63, 3.8) is 0 Å². The second-order valence-electron chi connectivity index (χ2n) is 7.80. The topological polar surface area (TPSA) is 102 Å². The molecule has 178 valence electrons. The third-order valence-corrected chi connectivity index (χ3v) is 5.21. The number of esters is 2. The highest BCUT2D eigenvalue weighted by Crippen LogP contribution is 2.32. The Morgan fingerprint density at radius 3 is 2.32 bits per heavy atom. The Kier molecular flexibility index (Phi) is 8.07. The number of carbonyl (C=O) groups excluding carboxylic acids is 4. The van der Waals surface area contributed by atoms with Crippen molar-refractivity contribution in [2.75, 3.05) is 16.8 Å². The van der Waals surface area contributed by atoms with Gasteiger partial charge in [-0.3, -0.25) is 9.59 Å². The van der Waals surface area contributed by atoms with Crippen LogP contribution in [0.3, 0.4) is 0 Å². The van der Waals surface area contributed by atoms with Gasteiger partial charge in [-0.15, -0.1) is 0 Å². The second kappa shape index (κ2) is 11.0. The average molecular weight is 485 g/mol. The molecule has 1 aliphatic heterocycles. The van der Waals surface area contributed by atoms with Crippen molar-refractivity contribution in [1.82, 2.24) is 0 Å². The highest BCUT2D eigenvalue weighted by atomic mass is 35.5. The molecule has 1 N–H and O–H groups in total. The van der Waals surface area contributed by atoms with Gasteiger partial charge >= 0.3 is 11.9 Å². The zero-order chi connectivity index (χ0) is 24.8. The summed E-state index contributed by atoms with van der Waals surface area (Å²) < 4.78 is 10.4. The van der Waals surface area contributed by atoms with Crippen molar-refractivity contribution in [1.29, 1.82) is 0 Å². The van der Waals surface area contributed by atoms with Gasteiger partial charge in [0.2, 0.25) is 0 Å². The normalized spacial score (nSPS) is 13.5. The molecule has 0 unspecified atom stereocenters. The van der Waals surface area contributed by atoms with Crippen molar-refractivity contribution in [2.24, 2.45) is 0 Å². The number of unbranched alkanes of at least 4 members (excludes halogenated alkanes) is 1. The fourth-order valence-electron chi connectivity index (χ4n) is 3.18. The van der Waals surface area contributed by atoms with E-state index in [-0.39, 0.29) is 28.1 Å². The number of hydrogen-bond donors (Lipinski definition) is 1. The van der Waals surface area contributed by atoms with Gasteiger partial charge in [0, 0.05) is 5.69 Å². The number of nitrogens with zero attached hydrogens (tertiary/aromatic N) is 1. The zero-order valence-corrected chi connectivity index (χ0v) is 19.8. The molecule has 3 rings (SSSR count). The summed E-state index contributed by atoms with van der Waals surface area (Å²) in [5, 5.41) is 2.52. The minimum atomic E-state index is -0.768. The molecule has 0 atom stereocenters. The molecule has 1 aliphatic rings. The average Bonchev–Trinajstić information content (AvgIpc) is 3.02. The van der Waals surface area contributed by atoms with E-state index in [2.05, 4.69) is 5.32 Å². The van der Waals surface area contributed by atoms with E-state index in [1.165, 1.54) is 12.1 Å². The van der Waals surface area contributed by atoms with E-state index in [1.54, 1.807) is 50.2 Å². The highest BCUT2D eigenvalue weighted by Gasteiger charge is 2.40. The predicted molar refractivity (Wildman–Crippen MR) is 128 cm³/mol. The lowest BCUT2D eigenvalue weighted by molar-refractivity contribution is -0.120. The van der Waals surface area contributed by atoms with Gasteiger partial charge in [0.25, 0.3) is 11.8 Å². The molecular formula is C25H25ClN2O6. The van der Waals surface area contributed by atoms with Crippen LogP contribution in [-0.4, -0.2) is 36.5 Å². The molecule has 0 aromatic heterocycles. The van der Waals surface area contributed by atoms with E-state index in [9.17, 15) is 19.2 Å². The third kappa shape index (κ3) is 5.46. The van der Waals surface area contributed by atoms with Crippen LogP contribution in [0.25, 0.3) is 0 Å². The number of nitrogens with one attached hydrogen (secondary N) is 1. The van der Waals surface area contributed by atoms with Gasteiger partial charge in [0.15, 0.2) is 0 Å². The summed E-state index contributed by atoms with van der Waals surface area (Å²) in [4.78, 5) is 51.4. The number of rotatable bonds is 9. The van der Waals surface area contributed by atoms with Crippen LogP contribution in [0, 0.1) is 0 Å². The number of para-hydroxylation sites is 1. The van der Waals surface area contributed by atoms with Crippen LogP contribution in [-0.2, 0) is 19.1 Å². The summed E-state index contributed by atoms with van der Waals surface area (Å²) in [6, 6.07) is 12.4. The van der Waals surface area contributed by atoms with E-state index in [1.807, 2.05) is 6.92 Å². The first-order valence-corrected chi connectivity index (χ1v) is 11.2. The number of carbonyl (C=O) groups is 4. The highest BCUT2D eigenvalue weighted by molar-refractivity contribution is 6.53. The first-order chi connectivity index (χ1) is 16.2. The zero-order valence-electron chi connectivity index (χ0n) is 19.1. The molecule has 0 aliphatic carbocycles. The van der Waals surface area contributed by atoms with Gasteiger partial charge in [-0.25, -0.2) is 14.5 Å². The maximum Gasteiger partial charge on any atom is 0.340 e. The Hall–Kier alpha value is -3.65. The largest absolute Gasteiger partial charge is 0.462 e. The fraction of sp³-hybridized carbons (Fsp3) is 0.280. The van der Waals surface area contributed by atoms with E-state index >= 15 is 0 Å². The summed E-state index contributed by atoms with van der Waals surface area (Å²) in [6.45, 7) is 5.74. The Morgan fingerprint density at radius 1 is 1.00 bits per heavy atom. The molecule has 0 fully saturated rings. The van der Waals surface area contributed by atoms with Gasteiger partial charge in [-0.05, 0) is 56.7 Å². The third-order valence-electron chi connectivity index (χ3n) is 4.86. The number of hydrogen-bond acceptors (Lipinski definition) is 7. The number of halogens is 1. The minimum Gasteiger partial charge on any atom is -0.462 e. The SMILES string of the molecule is CCCCOC(=O)c1ccc(NC2=C(Cl)C(=O)N(c3ccccc3C(=O)OC(C)C)C2=O)cc1. The molecule has 2 amide bonds. The summed E-state index contributed by atoms with van der Waals surface area (Å²) >= 11 is 6.20. The number of benzene rings is 2. The number of ether oxygens (including phenoxy) is 2. The van der Waals surface area contributed by atoms with E-state index in [0.29, 0.717) is 17.9 Å². The molecule has 0 radical (unpaired) electrons. The predicted octanol–water partition coefficient (Wildman–Crippen LogP) is 4.64. The summed E-state index contributed by atoms with van der Waals surface area (Å²) in [7, 11) is 0. The molecule has 2 aromatic carbocycles. The Bertz CT molecular complexity index is 1140. The standard InChI is InChI=1S/C25H25ClN2O6/c1-4-5-14-33-24(31)16-10-12-17(13-11-16)27-21-20(26)22(29)28(23(21)30)19-9-7-6-8-18(19)25(32)34-15(2)3/h6-13,15,27H,4-5,14H2,1-3H3. The van der Waals surface area contributed by atoms with Crippen molar-refractivity contribution < 1.29 is 28.7 Å². The lowest BCUT2D eigenvalue weighted by Crippen LogP contribution is -2.33. The summed E-state index contributed by atoms with van der Waals surface area (Å²) in [5.41, 5.74) is 0.790. The van der Waals surface area contributed by atoms with Crippen LogP contribution in [0.15, 0.2) is 59.3 Å². The maximum absolute atomic E-state index is 13.1. The molecule has 9 heteroatoms. The molecule has 0 saturated heterocycles. The maximum atomic E-state index is 13.1. The molecule has 0 saturated carbocycles. The van der Waals surface area contributed by atoms with Crippen molar-refractivity contribution in [2.45, 2.75) is 39.7 Å². The molecule has 2 aromatic rings. The van der Waals surface area contributed by atoms with Crippen molar-refractivity contribution in [3.05, 3.63) is 70.4 Å². The Labute approximate surface area is 202 Å². The lowest BCUT2D eigenvalue weighted by atomic mass is 10.1. The van der Waals surface area contributed by atoms with Crippen LogP contribution >= 0.6 is 11.6 Å². The van der Waals surface area contributed by atoms with E-state index < -0.39 is 23.8 Å². The van der Waals surface area contributed by atoms with Crippen LogP contribution < -0.4 is 10.2 Å². The van der Waals surface area contributed by atoms with Crippen LogP contribution in [0.2, 0.25) is 0 Å². The first kappa shape index (κ1) is 25.0. The van der Waals surface area contributed by atoms with Gasteiger partial charge in [-0.2, -0.15) is 0 Å². The molecule has 0 spiro atoms. The second-order valence-corrected chi connectivity index (χ2v) is 8.18. The molecule has 34 heavy (non-hydrogen) atoms. The van der Waals surface area contributed by atoms with Gasteiger partial charge in [0.05, 0.1) is 29.5 Å². The Balaban J connectivity index is 1.79. The van der Waals surface area contributed by atoms with Crippen LogP contribution in [0.1, 0.15) is 54.3 Å². The number of anilines is 2. The summed E-state index contributed by atoms with van der Waals surface area (Å²) in [6.07, 6.45) is 1.32. The summed E-state index contributed by atoms with van der Waals surface area (Å²) in [5.74, 6) is -2.59. The van der Waals surface area contributed by atoms with Gasteiger partial charge in [-0.1, -0.05) is 37.1 Å². The molecule has 8 nitrogen and oxygen atoms in total. The lowest BCUT2D eigenvalue weighted by Gasteiger charge is -2.19. The van der Waals surface area contributed by atoms with Gasteiger partial charge in [0.1, 0.15) is 10.7 Å². The minimum absolute atomic E-state index is 0.0644. The number of imide groups is 1. The van der Waals surface area contributed by atoms with Crippen molar-refractivity contribution in [3.8, 4) is 0 Å². The van der Waals surface area contributed by atoms with E-state index in [0.717, 1.165) is 17.7 Å².